The number of hydrogen-bond donors (Lipinski definition) is 3. The standard InChI is InChI=1S/C9H13N3O6/c1-2-18-4-3-5(6(13)14)12-8(16)10-7(15)11-9(12)17/h5H,2-4H2,1H3,(H,13,14)(H2,10,11,15,16,17). The second-order valence-electron chi connectivity index (χ2n) is 3.40. The summed E-state index contributed by atoms with van der Waals surface area (Å²) >= 11 is 0. The first-order chi connectivity index (χ1) is 8.47. The van der Waals surface area contributed by atoms with E-state index in [1.807, 2.05) is 0 Å². The molecular weight excluding hydrogens is 246 g/mol. The molecule has 0 radical (unpaired) electrons. The summed E-state index contributed by atoms with van der Waals surface area (Å²) in [4.78, 5) is 48.3. The highest BCUT2D eigenvalue weighted by atomic mass is 16.5. The van der Waals surface area contributed by atoms with Crippen LogP contribution >= 0.6 is 0 Å². The normalized spacial score (nSPS) is 12.3. The van der Waals surface area contributed by atoms with Gasteiger partial charge in [0.15, 0.2) is 0 Å². The van der Waals surface area contributed by atoms with Gasteiger partial charge in [0.05, 0.1) is 0 Å². The Morgan fingerprint density at radius 1 is 1.33 bits per heavy atom. The highest BCUT2D eigenvalue weighted by molar-refractivity contribution is 5.71. The SMILES string of the molecule is CCOCCC(C(=O)O)n1c(=O)[nH]c(=O)[nH]c1=O. The predicted octanol–water partition coefficient (Wildman–Crippen LogP) is -1.72. The fraction of sp³-hybridized carbons (Fsp3) is 0.556. The molecule has 0 bridgehead atoms. The first kappa shape index (κ1) is 13.9. The third kappa shape index (κ3) is 3.17. The molecule has 9 heteroatoms. The second-order valence-corrected chi connectivity index (χ2v) is 3.40. The highest BCUT2D eigenvalue weighted by Gasteiger charge is 2.23. The summed E-state index contributed by atoms with van der Waals surface area (Å²) in [5, 5.41) is 8.98. The molecule has 1 aromatic rings. The molecule has 0 fully saturated rings. The van der Waals surface area contributed by atoms with Crippen molar-refractivity contribution >= 4 is 5.97 Å². The van der Waals surface area contributed by atoms with Crippen LogP contribution in [0.3, 0.4) is 0 Å². The van der Waals surface area contributed by atoms with Gasteiger partial charge in [-0.25, -0.2) is 23.7 Å². The van der Waals surface area contributed by atoms with Gasteiger partial charge in [-0.2, -0.15) is 0 Å². The van der Waals surface area contributed by atoms with Crippen LogP contribution in [0.15, 0.2) is 14.4 Å². The van der Waals surface area contributed by atoms with Crippen molar-refractivity contribution in [3.63, 3.8) is 0 Å². The van der Waals surface area contributed by atoms with Crippen LogP contribution in [-0.4, -0.2) is 38.8 Å². The van der Waals surface area contributed by atoms with Gasteiger partial charge in [0, 0.05) is 19.6 Å². The summed E-state index contributed by atoms with van der Waals surface area (Å²) in [6.45, 7) is 2.20. The average molecular weight is 259 g/mol. The molecule has 1 heterocycles. The summed E-state index contributed by atoms with van der Waals surface area (Å²) in [6.07, 6.45) is -0.0573. The largest absolute Gasteiger partial charge is 0.480 e. The molecular formula is C9H13N3O6. The molecule has 0 saturated heterocycles. The maximum absolute atomic E-state index is 11.4. The van der Waals surface area contributed by atoms with Gasteiger partial charge in [-0.05, 0) is 6.92 Å². The lowest BCUT2D eigenvalue weighted by Gasteiger charge is -2.13. The van der Waals surface area contributed by atoms with Crippen LogP contribution in [0.5, 0.6) is 0 Å². The number of aliphatic carboxylic acids is 1. The van der Waals surface area contributed by atoms with Gasteiger partial charge in [0.2, 0.25) is 0 Å². The molecule has 0 aliphatic rings. The molecule has 0 aliphatic heterocycles. The van der Waals surface area contributed by atoms with E-state index in [0.717, 1.165) is 0 Å². The van der Waals surface area contributed by atoms with Gasteiger partial charge < -0.3 is 9.84 Å². The fourth-order valence-electron chi connectivity index (χ4n) is 1.42. The molecule has 0 spiro atoms. The van der Waals surface area contributed by atoms with Crippen molar-refractivity contribution in [1.29, 1.82) is 0 Å². The summed E-state index contributed by atoms with van der Waals surface area (Å²) in [5.74, 6) is -1.35. The summed E-state index contributed by atoms with van der Waals surface area (Å²) < 4.78 is 5.42. The van der Waals surface area contributed by atoms with E-state index in [0.29, 0.717) is 11.2 Å². The van der Waals surface area contributed by atoms with Crippen LogP contribution in [0.1, 0.15) is 19.4 Å². The van der Waals surface area contributed by atoms with Gasteiger partial charge >= 0.3 is 23.0 Å². The average Bonchev–Trinajstić information content (AvgIpc) is 2.25. The molecule has 100 valence electrons. The number of carboxylic acids is 1. The van der Waals surface area contributed by atoms with Crippen molar-refractivity contribution in [2.45, 2.75) is 19.4 Å². The molecule has 18 heavy (non-hydrogen) atoms. The molecule has 0 amide bonds. The fourth-order valence-corrected chi connectivity index (χ4v) is 1.42. The van der Waals surface area contributed by atoms with Gasteiger partial charge in [0.25, 0.3) is 0 Å². The Bertz CT molecular complexity index is 549. The minimum absolute atomic E-state index is 0.0573. The zero-order chi connectivity index (χ0) is 13.7. The van der Waals surface area contributed by atoms with Crippen LogP contribution in [-0.2, 0) is 9.53 Å². The molecule has 0 aromatic carbocycles. The minimum Gasteiger partial charge on any atom is -0.480 e. The number of carboxylic acid groups (broad SMARTS) is 1. The Morgan fingerprint density at radius 2 is 1.89 bits per heavy atom. The lowest BCUT2D eigenvalue weighted by molar-refractivity contribution is -0.141. The van der Waals surface area contributed by atoms with Gasteiger partial charge in [-0.1, -0.05) is 0 Å². The first-order valence-electron chi connectivity index (χ1n) is 5.23. The zero-order valence-electron chi connectivity index (χ0n) is 9.63. The van der Waals surface area contributed by atoms with Crippen molar-refractivity contribution in [1.82, 2.24) is 14.5 Å². The van der Waals surface area contributed by atoms with Crippen molar-refractivity contribution in [2.75, 3.05) is 13.2 Å². The quantitative estimate of drug-likeness (QED) is 0.520. The first-order valence-corrected chi connectivity index (χ1v) is 5.23. The lowest BCUT2D eigenvalue weighted by atomic mass is 10.2. The highest BCUT2D eigenvalue weighted by Crippen LogP contribution is 2.06. The van der Waals surface area contributed by atoms with E-state index in [2.05, 4.69) is 0 Å². The number of nitrogens with zero attached hydrogens (tertiary/aromatic N) is 1. The van der Waals surface area contributed by atoms with Crippen molar-refractivity contribution in [3.8, 4) is 0 Å². The van der Waals surface area contributed by atoms with Crippen LogP contribution in [0, 0.1) is 0 Å². The Hall–Kier alpha value is -2.16. The molecule has 3 N–H and O–H groups in total. The molecule has 1 aromatic heterocycles. The molecule has 1 unspecified atom stereocenters. The number of ether oxygens (including phenoxy) is 1. The summed E-state index contributed by atoms with van der Waals surface area (Å²) in [6, 6.07) is -1.38. The van der Waals surface area contributed by atoms with E-state index in [1.165, 1.54) is 0 Å². The van der Waals surface area contributed by atoms with E-state index in [-0.39, 0.29) is 13.0 Å². The van der Waals surface area contributed by atoms with Gasteiger partial charge in [0.1, 0.15) is 6.04 Å². The maximum Gasteiger partial charge on any atom is 0.334 e. The Kier molecular flexibility index (Phi) is 4.60. The Balaban J connectivity index is 3.15. The van der Waals surface area contributed by atoms with E-state index in [4.69, 9.17) is 9.84 Å². The topological polar surface area (TPSA) is 134 Å². The molecule has 1 atom stereocenters. The van der Waals surface area contributed by atoms with E-state index < -0.39 is 29.1 Å². The van der Waals surface area contributed by atoms with Gasteiger partial charge in [-0.15, -0.1) is 0 Å². The molecule has 1 rings (SSSR count). The van der Waals surface area contributed by atoms with Gasteiger partial charge in [-0.3, -0.25) is 9.97 Å². The molecule has 0 aliphatic carbocycles. The van der Waals surface area contributed by atoms with E-state index >= 15 is 0 Å². The minimum atomic E-state index is -1.38. The smallest absolute Gasteiger partial charge is 0.334 e. The number of nitrogens with one attached hydrogen (secondary N) is 2. The van der Waals surface area contributed by atoms with Crippen LogP contribution in [0.2, 0.25) is 0 Å². The molecule has 9 nitrogen and oxygen atoms in total. The number of carbonyl (C=O) groups is 1. The third-order valence-electron chi connectivity index (χ3n) is 2.22. The Morgan fingerprint density at radius 3 is 2.33 bits per heavy atom. The number of aromatic amines is 2. The van der Waals surface area contributed by atoms with Crippen molar-refractivity contribution in [2.24, 2.45) is 0 Å². The van der Waals surface area contributed by atoms with Crippen LogP contribution < -0.4 is 17.1 Å². The second kappa shape index (κ2) is 5.96. The number of aromatic nitrogens is 3. The maximum atomic E-state index is 11.4. The molecule has 0 saturated carbocycles. The zero-order valence-corrected chi connectivity index (χ0v) is 9.63. The van der Waals surface area contributed by atoms with Crippen LogP contribution in [0.25, 0.3) is 0 Å². The predicted molar refractivity (Wildman–Crippen MR) is 59.7 cm³/mol. The van der Waals surface area contributed by atoms with E-state index in [9.17, 15) is 19.2 Å². The Labute approximate surface area is 100 Å². The van der Waals surface area contributed by atoms with Crippen LogP contribution in [0.4, 0.5) is 0 Å². The number of hydrogen-bond acceptors (Lipinski definition) is 5. The third-order valence-corrected chi connectivity index (χ3v) is 2.22. The summed E-state index contributed by atoms with van der Waals surface area (Å²) in [5.41, 5.74) is -3.10. The number of H-pyrrole nitrogens is 2. The monoisotopic (exact) mass is 259 g/mol. The van der Waals surface area contributed by atoms with E-state index in [1.54, 1.807) is 16.9 Å². The van der Waals surface area contributed by atoms with Crippen molar-refractivity contribution < 1.29 is 14.6 Å². The number of rotatable bonds is 6. The van der Waals surface area contributed by atoms with Crippen molar-refractivity contribution in [3.05, 3.63) is 31.5 Å². The lowest BCUT2D eigenvalue weighted by Crippen LogP contribution is -2.47. The summed E-state index contributed by atoms with van der Waals surface area (Å²) in [7, 11) is 0.